The van der Waals surface area contributed by atoms with E-state index in [-0.39, 0.29) is 5.41 Å². The molecule has 0 aromatic rings. The summed E-state index contributed by atoms with van der Waals surface area (Å²) >= 11 is 0. The van der Waals surface area contributed by atoms with Crippen molar-refractivity contribution in [3.8, 4) is 0 Å². The molecular formula is C27H47NO3. The number of ketones is 1. The minimum atomic E-state index is -0.564. The molecule has 4 nitrogen and oxygen atoms in total. The summed E-state index contributed by atoms with van der Waals surface area (Å²) in [7, 11) is 0. The molecule has 0 aromatic carbocycles. The molecule has 0 radical (unpaired) electrons. The Bertz CT molecular complexity index is 638. The Morgan fingerprint density at radius 3 is 2.68 bits per heavy atom. The standard InChI is InChI=1S/C27H47NO3/c1-4-5-6-16-31-17-15-28-19-27(30)14-13-25(2)20(18-27)7-8-21-22-9-10-24(29)26(22,3)12-11-23(21)25/h20-23,28,30H,4-19H2,1-3H3/t20-,21-,22-,23-,25-,26-,27+/m0/s1. The number of fused-ring (bicyclic) bond motifs is 5. The molecule has 4 aliphatic carbocycles. The third-order valence-corrected chi connectivity index (χ3v) is 10.3. The van der Waals surface area contributed by atoms with Gasteiger partial charge < -0.3 is 15.2 Å². The number of hydrogen-bond acceptors (Lipinski definition) is 4. The van der Waals surface area contributed by atoms with Gasteiger partial charge in [0.05, 0.1) is 12.2 Å². The van der Waals surface area contributed by atoms with Gasteiger partial charge in [0.15, 0.2) is 0 Å². The number of rotatable bonds is 9. The number of nitrogens with one attached hydrogen (secondary N) is 1. The number of carbonyl (C=O) groups excluding carboxylic acids is 1. The number of unbranched alkanes of at least 4 members (excludes halogenated alkanes) is 2. The zero-order valence-electron chi connectivity index (χ0n) is 20.4. The van der Waals surface area contributed by atoms with Crippen LogP contribution < -0.4 is 5.32 Å². The van der Waals surface area contributed by atoms with E-state index in [0.29, 0.717) is 29.6 Å². The lowest BCUT2D eigenvalue weighted by atomic mass is 9.44. The van der Waals surface area contributed by atoms with E-state index in [4.69, 9.17) is 4.74 Å². The number of aliphatic hydroxyl groups is 1. The maximum Gasteiger partial charge on any atom is 0.139 e. The maximum atomic E-state index is 12.6. The van der Waals surface area contributed by atoms with Gasteiger partial charge in [0, 0.05) is 31.5 Å². The minimum absolute atomic E-state index is 0.0255. The van der Waals surface area contributed by atoms with Crippen LogP contribution >= 0.6 is 0 Å². The second-order valence-electron chi connectivity index (χ2n) is 12.0. The first-order valence-corrected chi connectivity index (χ1v) is 13.4. The molecule has 31 heavy (non-hydrogen) atoms. The van der Waals surface area contributed by atoms with Crippen molar-refractivity contribution in [3.63, 3.8) is 0 Å². The average molecular weight is 434 g/mol. The molecule has 4 saturated carbocycles. The summed E-state index contributed by atoms with van der Waals surface area (Å²) in [6.07, 6.45) is 13.4. The average Bonchev–Trinajstić information content (AvgIpc) is 3.05. The molecule has 178 valence electrons. The van der Waals surface area contributed by atoms with E-state index in [9.17, 15) is 9.90 Å². The molecule has 0 amide bonds. The van der Waals surface area contributed by atoms with Gasteiger partial charge in [-0.15, -0.1) is 0 Å². The molecule has 4 fully saturated rings. The summed E-state index contributed by atoms with van der Waals surface area (Å²) in [4.78, 5) is 12.6. The first kappa shape index (κ1) is 23.7. The Balaban J connectivity index is 1.29. The first-order chi connectivity index (χ1) is 14.8. The zero-order chi connectivity index (χ0) is 22.1. The zero-order valence-corrected chi connectivity index (χ0v) is 20.4. The van der Waals surface area contributed by atoms with E-state index in [0.717, 1.165) is 76.5 Å². The highest BCUT2D eigenvalue weighted by Crippen LogP contribution is 2.66. The summed E-state index contributed by atoms with van der Waals surface area (Å²) in [5, 5.41) is 14.8. The third-order valence-electron chi connectivity index (χ3n) is 10.3. The summed E-state index contributed by atoms with van der Waals surface area (Å²) < 4.78 is 5.70. The van der Waals surface area contributed by atoms with Crippen molar-refractivity contribution >= 4 is 5.78 Å². The molecule has 0 bridgehead atoms. The molecule has 4 rings (SSSR count). The lowest BCUT2D eigenvalue weighted by Crippen LogP contribution is -2.57. The molecule has 4 aliphatic rings. The Morgan fingerprint density at radius 2 is 1.87 bits per heavy atom. The number of carbonyl (C=O) groups is 1. The lowest BCUT2D eigenvalue weighted by Gasteiger charge is -2.61. The molecular weight excluding hydrogens is 386 g/mol. The van der Waals surface area contributed by atoms with E-state index >= 15 is 0 Å². The fraction of sp³-hybridized carbons (Fsp3) is 0.963. The fourth-order valence-electron chi connectivity index (χ4n) is 8.28. The molecule has 0 aromatic heterocycles. The highest BCUT2D eigenvalue weighted by atomic mass is 16.5. The number of ether oxygens (including phenoxy) is 1. The number of hydrogen-bond donors (Lipinski definition) is 2. The summed E-state index contributed by atoms with van der Waals surface area (Å²) in [6.45, 7) is 10.1. The van der Waals surface area contributed by atoms with Crippen molar-refractivity contribution in [2.45, 2.75) is 103 Å². The Hall–Kier alpha value is -0.450. The second kappa shape index (κ2) is 9.43. The van der Waals surface area contributed by atoms with Crippen LogP contribution in [0.5, 0.6) is 0 Å². The van der Waals surface area contributed by atoms with Crippen molar-refractivity contribution in [1.82, 2.24) is 5.32 Å². The predicted octanol–water partition coefficient (Wildman–Crippen LogP) is 5.13. The van der Waals surface area contributed by atoms with Gasteiger partial charge >= 0.3 is 0 Å². The van der Waals surface area contributed by atoms with E-state index < -0.39 is 5.60 Å². The molecule has 0 aliphatic heterocycles. The van der Waals surface area contributed by atoms with Crippen molar-refractivity contribution in [3.05, 3.63) is 0 Å². The predicted molar refractivity (Wildman–Crippen MR) is 125 cm³/mol. The van der Waals surface area contributed by atoms with Gasteiger partial charge in [0.1, 0.15) is 5.78 Å². The monoisotopic (exact) mass is 433 g/mol. The van der Waals surface area contributed by atoms with Crippen molar-refractivity contribution < 1.29 is 14.6 Å². The van der Waals surface area contributed by atoms with Crippen molar-refractivity contribution in [1.29, 1.82) is 0 Å². The van der Waals surface area contributed by atoms with Crippen molar-refractivity contribution in [2.24, 2.45) is 34.5 Å². The van der Waals surface area contributed by atoms with Crippen LogP contribution in [0.4, 0.5) is 0 Å². The topological polar surface area (TPSA) is 58.6 Å². The highest BCUT2D eigenvalue weighted by molar-refractivity contribution is 5.87. The minimum Gasteiger partial charge on any atom is -0.389 e. The van der Waals surface area contributed by atoms with Crippen molar-refractivity contribution in [2.75, 3.05) is 26.3 Å². The lowest BCUT2D eigenvalue weighted by molar-refractivity contribution is -0.153. The SMILES string of the molecule is CCCCCOCCNC[C@@]1(O)CC[C@@]2(C)[C@@H](CC[C@@H]3[C@@H]2CC[C@]2(C)C(=O)CC[C@@H]32)C1. The van der Waals surface area contributed by atoms with Crippen LogP contribution in [0, 0.1) is 34.5 Å². The van der Waals surface area contributed by atoms with Gasteiger partial charge in [0.2, 0.25) is 0 Å². The summed E-state index contributed by atoms with van der Waals surface area (Å²) in [5.41, 5.74) is -0.238. The van der Waals surface area contributed by atoms with Crippen LogP contribution in [0.3, 0.4) is 0 Å². The van der Waals surface area contributed by atoms with Gasteiger partial charge in [-0.2, -0.15) is 0 Å². The fourth-order valence-corrected chi connectivity index (χ4v) is 8.28. The van der Waals surface area contributed by atoms with Gasteiger partial charge in [-0.3, -0.25) is 4.79 Å². The van der Waals surface area contributed by atoms with E-state index in [1.54, 1.807) is 0 Å². The number of Topliss-reactive ketones (excluding diaryl/α,β-unsaturated/α-hetero) is 1. The van der Waals surface area contributed by atoms with Crippen LogP contribution in [0.25, 0.3) is 0 Å². The summed E-state index contributed by atoms with van der Waals surface area (Å²) in [5.74, 6) is 3.28. The molecule has 0 spiro atoms. The van der Waals surface area contributed by atoms with Gasteiger partial charge in [-0.1, -0.05) is 33.6 Å². The molecule has 2 N–H and O–H groups in total. The molecule has 4 heteroatoms. The van der Waals surface area contributed by atoms with E-state index in [2.05, 4.69) is 26.1 Å². The van der Waals surface area contributed by atoms with Crippen LogP contribution in [-0.4, -0.2) is 42.8 Å². The smallest absolute Gasteiger partial charge is 0.139 e. The van der Waals surface area contributed by atoms with Crippen LogP contribution in [0.15, 0.2) is 0 Å². The van der Waals surface area contributed by atoms with Crippen LogP contribution in [0.1, 0.15) is 97.8 Å². The third kappa shape index (κ3) is 4.51. The molecule has 0 saturated heterocycles. The van der Waals surface area contributed by atoms with Crippen LogP contribution in [0.2, 0.25) is 0 Å². The van der Waals surface area contributed by atoms with E-state index in [1.165, 1.54) is 32.1 Å². The molecule has 0 unspecified atom stereocenters. The van der Waals surface area contributed by atoms with E-state index in [1.807, 2.05) is 0 Å². The molecule has 7 atom stereocenters. The quantitative estimate of drug-likeness (QED) is 0.495. The summed E-state index contributed by atoms with van der Waals surface area (Å²) in [6, 6.07) is 0. The molecule has 0 heterocycles. The van der Waals surface area contributed by atoms with Gasteiger partial charge in [-0.25, -0.2) is 0 Å². The maximum absolute atomic E-state index is 12.6. The van der Waals surface area contributed by atoms with Gasteiger partial charge in [0.25, 0.3) is 0 Å². The first-order valence-electron chi connectivity index (χ1n) is 13.4. The Kier molecular flexibility index (Phi) is 7.21. The largest absolute Gasteiger partial charge is 0.389 e. The second-order valence-corrected chi connectivity index (χ2v) is 12.0. The Labute approximate surface area is 190 Å². The Morgan fingerprint density at radius 1 is 1.03 bits per heavy atom. The van der Waals surface area contributed by atoms with Gasteiger partial charge in [-0.05, 0) is 86.9 Å². The highest BCUT2D eigenvalue weighted by Gasteiger charge is 2.61. The van der Waals surface area contributed by atoms with Crippen LogP contribution in [-0.2, 0) is 9.53 Å². The normalized spacial score (nSPS) is 44.6.